The highest BCUT2D eigenvalue weighted by atomic mass is 32.1. The summed E-state index contributed by atoms with van der Waals surface area (Å²) < 4.78 is 5.67. The third-order valence-corrected chi connectivity index (χ3v) is 3.81. The number of nitrogens with zero attached hydrogens (tertiary/aromatic N) is 1. The first-order valence-corrected chi connectivity index (χ1v) is 6.56. The van der Waals surface area contributed by atoms with Gasteiger partial charge in [0.2, 0.25) is 0 Å². The first-order chi connectivity index (χ1) is 8.04. The van der Waals surface area contributed by atoms with Crippen LogP contribution < -0.4 is 0 Å². The Labute approximate surface area is 105 Å². The van der Waals surface area contributed by atoms with Crippen LogP contribution in [0.15, 0.2) is 12.1 Å². The second kappa shape index (κ2) is 5.16. The summed E-state index contributed by atoms with van der Waals surface area (Å²) >= 11 is 1.36. The van der Waals surface area contributed by atoms with E-state index in [1.54, 1.807) is 6.07 Å². The molecule has 1 aliphatic rings. The van der Waals surface area contributed by atoms with Crippen molar-refractivity contribution >= 4 is 17.3 Å². The quantitative estimate of drug-likeness (QED) is 0.898. The Hall–Kier alpha value is -0.910. The van der Waals surface area contributed by atoms with Gasteiger partial charge in [-0.25, -0.2) is 4.79 Å². The van der Waals surface area contributed by atoms with Crippen molar-refractivity contribution in [3.8, 4) is 0 Å². The molecule has 1 fully saturated rings. The first kappa shape index (κ1) is 12.5. The SMILES string of the molecule is CC1CN(Cc2ccc(C(=O)O)s2)CC(C)O1. The van der Waals surface area contributed by atoms with E-state index >= 15 is 0 Å². The maximum absolute atomic E-state index is 10.8. The zero-order valence-electron chi connectivity index (χ0n) is 10.0. The Balaban J connectivity index is 1.97. The number of thiophene rings is 1. The fourth-order valence-electron chi connectivity index (χ4n) is 2.21. The van der Waals surface area contributed by atoms with Crippen molar-refractivity contribution in [2.75, 3.05) is 13.1 Å². The summed E-state index contributed by atoms with van der Waals surface area (Å²) in [6, 6.07) is 3.58. The molecule has 5 heteroatoms. The fourth-order valence-corrected chi connectivity index (χ4v) is 3.10. The van der Waals surface area contributed by atoms with Crippen LogP contribution in [0.25, 0.3) is 0 Å². The minimum absolute atomic E-state index is 0.248. The summed E-state index contributed by atoms with van der Waals surface area (Å²) in [7, 11) is 0. The third-order valence-electron chi connectivity index (χ3n) is 2.75. The number of carboxylic acid groups (broad SMARTS) is 1. The van der Waals surface area contributed by atoms with Gasteiger partial charge in [-0.1, -0.05) is 0 Å². The van der Waals surface area contributed by atoms with Crippen LogP contribution in [0.4, 0.5) is 0 Å². The van der Waals surface area contributed by atoms with Crippen molar-refractivity contribution in [2.45, 2.75) is 32.6 Å². The van der Waals surface area contributed by atoms with E-state index in [1.165, 1.54) is 11.3 Å². The van der Waals surface area contributed by atoms with Gasteiger partial charge in [0.05, 0.1) is 12.2 Å². The molecular formula is C12H17NO3S. The average Bonchev–Trinajstić information content (AvgIpc) is 2.64. The van der Waals surface area contributed by atoms with Gasteiger partial charge < -0.3 is 9.84 Å². The lowest BCUT2D eigenvalue weighted by Crippen LogP contribution is -2.44. The molecule has 2 rings (SSSR count). The minimum atomic E-state index is -0.843. The second-order valence-electron chi connectivity index (χ2n) is 4.52. The highest BCUT2D eigenvalue weighted by molar-refractivity contribution is 7.13. The van der Waals surface area contributed by atoms with E-state index in [2.05, 4.69) is 18.7 Å². The van der Waals surface area contributed by atoms with Gasteiger partial charge in [0.15, 0.2) is 0 Å². The molecule has 2 unspecified atom stereocenters. The predicted molar refractivity (Wildman–Crippen MR) is 66.6 cm³/mol. The molecule has 1 aromatic heterocycles. The lowest BCUT2D eigenvalue weighted by molar-refractivity contribution is -0.0702. The van der Waals surface area contributed by atoms with Crippen LogP contribution in [0, 0.1) is 0 Å². The summed E-state index contributed by atoms with van der Waals surface area (Å²) in [5, 5.41) is 8.86. The van der Waals surface area contributed by atoms with E-state index in [4.69, 9.17) is 9.84 Å². The summed E-state index contributed by atoms with van der Waals surface area (Å²) in [6.07, 6.45) is 0.496. The van der Waals surface area contributed by atoms with E-state index in [0.29, 0.717) is 4.88 Å². The topological polar surface area (TPSA) is 49.8 Å². The lowest BCUT2D eigenvalue weighted by Gasteiger charge is -2.34. The van der Waals surface area contributed by atoms with Crippen LogP contribution in [-0.4, -0.2) is 41.3 Å². The molecule has 0 bridgehead atoms. The van der Waals surface area contributed by atoms with Crippen molar-refractivity contribution in [3.63, 3.8) is 0 Å². The van der Waals surface area contributed by atoms with Crippen molar-refractivity contribution in [1.29, 1.82) is 0 Å². The van der Waals surface area contributed by atoms with Gasteiger partial charge in [0.25, 0.3) is 0 Å². The van der Waals surface area contributed by atoms with E-state index in [9.17, 15) is 4.79 Å². The molecular weight excluding hydrogens is 238 g/mol. The summed E-state index contributed by atoms with van der Waals surface area (Å²) in [5.41, 5.74) is 0. The Bertz CT molecular complexity index is 394. The molecule has 1 aliphatic heterocycles. The molecule has 1 aromatic rings. The molecule has 0 saturated carbocycles. The Morgan fingerprint density at radius 1 is 1.47 bits per heavy atom. The number of hydrogen-bond donors (Lipinski definition) is 1. The maximum atomic E-state index is 10.8. The Morgan fingerprint density at radius 3 is 2.65 bits per heavy atom. The van der Waals surface area contributed by atoms with Crippen LogP contribution in [0.1, 0.15) is 28.4 Å². The van der Waals surface area contributed by atoms with Crippen LogP contribution >= 0.6 is 11.3 Å². The molecule has 2 heterocycles. The molecule has 94 valence electrons. The van der Waals surface area contributed by atoms with E-state index in [-0.39, 0.29) is 12.2 Å². The van der Waals surface area contributed by atoms with Crippen LogP contribution in [-0.2, 0) is 11.3 Å². The normalized spacial score (nSPS) is 26.0. The molecule has 0 radical (unpaired) electrons. The maximum Gasteiger partial charge on any atom is 0.345 e. The van der Waals surface area contributed by atoms with Crippen molar-refractivity contribution < 1.29 is 14.6 Å². The number of ether oxygens (including phenoxy) is 1. The van der Waals surface area contributed by atoms with Crippen molar-refractivity contribution in [3.05, 3.63) is 21.9 Å². The van der Waals surface area contributed by atoms with Gasteiger partial charge in [-0.15, -0.1) is 11.3 Å². The Morgan fingerprint density at radius 2 is 2.12 bits per heavy atom. The molecule has 0 spiro atoms. The number of carboxylic acids is 1. The molecule has 1 N–H and O–H groups in total. The molecule has 1 saturated heterocycles. The number of morpholine rings is 1. The van der Waals surface area contributed by atoms with Crippen molar-refractivity contribution in [1.82, 2.24) is 4.90 Å². The summed E-state index contributed by atoms with van der Waals surface area (Å²) in [6.45, 7) is 6.77. The summed E-state index contributed by atoms with van der Waals surface area (Å²) in [4.78, 5) is 14.6. The molecule has 0 aliphatic carbocycles. The van der Waals surface area contributed by atoms with E-state index in [0.717, 1.165) is 24.5 Å². The lowest BCUT2D eigenvalue weighted by atomic mass is 10.2. The number of rotatable bonds is 3. The highest BCUT2D eigenvalue weighted by Crippen LogP contribution is 2.20. The van der Waals surface area contributed by atoms with Gasteiger partial charge in [0.1, 0.15) is 4.88 Å². The highest BCUT2D eigenvalue weighted by Gasteiger charge is 2.22. The fraction of sp³-hybridized carbons (Fsp3) is 0.583. The first-order valence-electron chi connectivity index (χ1n) is 5.74. The summed E-state index contributed by atoms with van der Waals surface area (Å²) in [5.74, 6) is -0.843. The van der Waals surface area contributed by atoms with Gasteiger partial charge in [0, 0.05) is 24.5 Å². The van der Waals surface area contributed by atoms with Gasteiger partial charge >= 0.3 is 5.97 Å². The van der Waals surface area contributed by atoms with Gasteiger partial charge in [-0.3, -0.25) is 4.90 Å². The zero-order chi connectivity index (χ0) is 12.4. The smallest absolute Gasteiger partial charge is 0.345 e. The van der Waals surface area contributed by atoms with Crippen molar-refractivity contribution in [2.24, 2.45) is 0 Å². The van der Waals surface area contributed by atoms with Crippen LogP contribution in [0.3, 0.4) is 0 Å². The van der Waals surface area contributed by atoms with E-state index in [1.807, 2.05) is 6.07 Å². The Kier molecular flexibility index (Phi) is 3.81. The number of carbonyl (C=O) groups is 1. The molecule has 0 amide bonds. The minimum Gasteiger partial charge on any atom is -0.477 e. The molecule has 4 nitrogen and oxygen atoms in total. The van der Waals surface area contributed by atoms with Crippen LogP contribution in [0.5, 0.6) is 0 Å². The predicted octanol–water partition coefficient (Wildman–Crippen LogP) is 2.06. The third kappa shape index (κ3) is 3.28. The van der Waals surface area contributed by atoms with Gasteiger partial charge in [-0.2, -0.15) is 0 Å². The van der Waals surface area contributed by atoms with Gasteiger partial charge in [-0.05, 0) is 26.0 Å². The van der Waals surface area contributed by atoms with Crippen LogP contribution in [0.2, 0.25) is 0 Å². The monoisotopic (exact) mass is 255 g/mol. The number of hydrogen-bond acceptors (Lipinski definition) is 4. The molecule has 2 atom stereocenters. The largest absolute Gasteiger partial charge is 0.477 e. The average molecular weight is 255 g/mol. The molecule has 17 heavy (non-hydrogen) atoms. The second-order valence-corrected chi connectivity index (χ2v) is 5.69. The number of aromatic carboxylic acids is 1. The molecule has 0 aromatic carbocycles. The zero-order valence-corrected chi connectivity index (χ0v) is 10.9. The van der Waals surface area contributed by atoms with E-state index < -0.39 is 5.97 Å². The standard InChI is InChI=1S/C12H17NO3S/c1-8-5-13(6-9(2)16-8)7-10-3-4-11(17-10)12(14)15/h3-4,8-9H,5-7H2,1-2H3,(H,14,15).